The number of aromatic nitrogens is 2. The smallest absolute Gasteiger partial charge is 0.129 e. The third-order valence-corrected chi connectivity index (χ3v) is 18.7. The highest BCUT2D eigenvalue weighted by atomic mass is 32.1. The lowest BCUT2D eigenvalue weighted by Crippen LogP contribution is -2.26. The Morgan fingerprint density at radius 3 is 1.10 bits per heavy atom. The summed E-state index contributed by atoms with van der Waals surface area (Å²) < 4.78 is 17.6. The highest BCUT2D eigenvalue weighted by molar-refractivity contribution is 7.21. The van der Waals surface area contributed by atoms with Gasteiger partial charge in [0.25, 0.3) is 0 Å². The van der Waals surface area contributed by atoms with Crippen molar-refractivity contribution < 1.29 is 9.47 Å². The van der Waals surface area contributed by atoms with Crippen molar-refractivity contribution in [3.8, 4) is 43.9 Å². The van der Waals surface area contributed by atoms with Crippen molar-refractivity contribution in [3.05, 3.63) is 276 Å². The molecule has 4 aromatic heterocycles. The fourth-order valence-corrected chi connectivity index (χ4v) is 15.5. The molecule has 0 fully saturated rings. The van der Waals surface area contributed by atoms with Crippen LogP contribution in [-0.2, 0) is 18.5 Å². The number of aryl methyl sites for hydroxylation is 2. The molecule has 8 heteroatoms. The van der Waals surface area contributed by atoms with Gasteiger partial charge in [-0.05, 0) is 191 Å². The zero-order valence-electron chi connectivity index (χ0n) is 44.6. The van der Waals surface area contributed by atoms with Crippen LogP contribution >= 0.6 is 22.7 Å². The maximum absolute atomic E-state index is 6.37. The number of rotatable bonds is 12. The molecule has 0 saturated carbocycles. The third-order valence-electron chi connectivity index (χ3n) is 16.7. The van der Waals surface area contributed by atoms with E-state index in [0.29, 0.717) is 0 Å². The summed E-state index contributed by atoms with van der Waals surface area (Å²) in [7, 11) is 0. The second kappa shape index (κ2) is 18.8. The van der Waals surface area contributed by atoms with Gasteiger partial charge in [0.2, 0.25) is 0 Å². The molecule has 2 aliphatic carbocycles. The summed E-state index contributed by atoms with van der Waals surface area (Å²) in [5.74, 6) is 3.29. The van der Waals surface area contributed by atoms with Crippen molar-refractivity contribution in [2.75, 3.05) is 9.80 Å². The van der Waals surface area contributed by atoms with Crippen LogP contribution in [-0.4, -0.2) is 9.13 Å². The van der Waals surface area contributed by atoms with Gasteiger partial charge in [-0.15, -0.1) is 22.7 Å². The maximum Gasteiger partial charge on any atom is 0.129 e. The third kappa shape index (κ3) is 7.30. The average molecular weight is 1080 g/mol. The van der Waals surface area contributed by atoms with Gasteiger partial charge in [-0.25, -0.2) is 0 Å². The average Bonchev–Trinajstić information content (AvgIpc) is 2.98. The van der Waals surface area contributed by atoms with E-state index in [1.807, 2.05) is 83.3 Å². The minimum atomic E-state index is -0.553. The number of benzene rings is 10. The second-order valence-corrected chi connectivity index (χ2v) is 22.8. The predicted octanol–water partition coefficient (Wildman–Crippen LogP) is 20.9. The molecule has 4 heterocycles. The molecular weight excluding hydrogens is 1030 g/mol. The normalized spacial score (nSPS) is 12.8. The number of hydrogen-bond acceptors (Lipinski definition) is 6. The van der Waals surface area contributed by atoms with Crippen LogP contribution in [0.5, 0.6) is 23.0 Å². The zero-order valence-corrected chi connectivity index (χ0v) is 46.2. The van der Waals surface area contributed by atoms with Crippen LogP contribution in [0, 0.1) is 0 Å². The first kappa shape index (κ1) is 47.4. The summed E-state index contributed by atoms with van der Waals surface area (Å²) in [6.45, 7) is 6.08. The lowest BCUT2D eigenvalue weighted by Gasteiger charge is -2.32. The molecule has 0 amide bonds. The number of para-hydroxylation sites is 4. The summed E-state index contributed by atoms with van der Waals surface area (Å²) in [4.78, 5) is 7.61. The van der Waals surface area contributed by atoms with Crippen molar-refractivity contribution in [2.24, 2.45) is 0 Å². The summed E-state index contributed by atoms with van der Waals surface area (Å²) >= 11 is 3.72. The van der Waals surface area contributed by atoms with E-state index in [4.69, 9.17) is 9.47 Å². The molecule has 0 N–H and O–H groups in total. The Kier molecular flexibility index (Phi) is 11.0. The van der Waals surface area contributed by atoms with Crippen molar-refractivity contribution in [1.29, 1.82) is 0 Å². The fourth-order valence-electron chi connectivity index (χ4n) is 13.4. The SMILES string of the molecule is CCn1c2cc(Oc3ccccc3)ccc2c2ccc(N(c3ccccc3)c3ccc4c(c3)C3(c5cc(N(c6ccccc6)c6ccc7c8ccc(Oc9ccccc9)cc8n(CC)c7c6)ccc5-4)c4ccsc4-c4sccc43)cc21. The van der Waals surface area contributed by atoms with E-state index in [2.05, 4.69) is 226 Å². The van der Waals surface area contributed by atoms with Crippen molar-refractivity contribution in [1.82, 2.24) is 9.13 Å². The standard InChI is InChI=1S/C73H52N4O2S2/c1-3-74-67-43-51(27-33-59(67)61-35-29-55(45-69(61)74)78-53-21-13-7-14-22-53)76(47-17-9-5-10-18-47)49-25-31-57-58-32-26-50(42-66(58)73(65(57)41-49)63-37-39-80-71(63)72-64(73)38-40-81-72)77(48-19-11-6-12-20-48)52-28-34-60-62-36-30-56(79-54-23-15-8-16-24-54)46-70(62)75(4-2)68(60)44-52/h5-46H,3-4H2,1-2H3. The van der Waals surface area contributed by atoms with Gasteiger partial charge in [-0.1, -0.05) is 97.1 Å². The van der Waals surface area contributed by atoms with Gasteiger partial charge in [-0.2, -0.15) is 0 Å². The van der Waals surface area contributed by atoms with Crippen LogP contribution in [0.4, 0.5) is 34.1 Å². The van der Waals surface area contributed by atoms with E-state index < -0.39 is 5.41 Å². The van der Waals surface area contributed by atoms with E-state index >= 15 is 0 Å². The lowest BCUT2D eigenvalue weighted by molar-refractivity contribution is 0.483. The molecule has 81 heavy (non-hydrogen) atoms. The monoisotopic (exact) mass is 1080 g/mol. The number of anilines is 6. The van der Waals surface area contributed by atoms with E-state index in [0.717, 1.165) is 81.2 Å². The molecule has 0 atom stereocenters. The second-order valence-electron chi connectivity index (χ2n) is 21.0. The molecule has 0 bridgehead atoms. The molecule has 0 aliphatic heterocycles. The number of fused-ring (bicyclic) bond motifs is 16. The van der Waals surface area contributed by atoms with E-state index in [9.17, 15) is 0 Å². The quantitative estimate of drug-likeness (QED) is 0.122. The first-order valence-corrected chi connectivity index (χ1v) is 29.6. The van der Waals surface area contributed by atoms with Crippen molar-refractivity contribution in [2.45, 2.75) is 32.4 Å². The largest absolute Gasteiger partial charge is 0.457 e. The maximum atomic E-state index is 6.37. The van der Waals surface area contributed by atoms with E-state index in [-0.39, 0.29) is 0 Å². The Bertz CT molecular complexity index is 4450. The van der Waals surface area contributed by atoms with E-state index in [1.165, 1.54) is 75.7 Å². The Morgan fingerprint density at radius 1 is 0.333 bits per heavy atom. The number of thiophene rings is 2. The van der Waals surface area contributed by atoms with Gasteiger partial charge in [0, 0.05) is 90.6 Å². The van der Waals surface area contributed by atoms with Crippen LogP contribution in [0.2, 0.25) is 0 Å². The van der Waals surface area contributed by atoms with Crippen LogP contribution in [0.3, 0.4) is 0 Å². The molecule has 388 valence electrons. The summed E-state index contributed by atoms with van der Waals surface area (Å²) in [5.41, 5.74) is 18.5. The summed E-state index contributed by atoms with van der Waals surface area (Å²) in [6, 6.07) is 88.0. The fraction of sp³-hybridized carbons (Fsp3) is 0.0685. The molecule has 16 rings (SSSR count). The number of ether oxygens (including phenoxy) is 2. The molecule has 6 nitrogen and oxygen atoms in total. The minimum absolute atomic E-state index is 0.553. The molecule has 1 spiro atoms. The molecule has 0 radical (unpaired) electrons. The van der Waals surface area contributed by atoms with Crippen molar-refractivity contribution >= 4 is 100 Å². The molecule has 0 saturated heterocycles. The van der Waals surface area contributed by atoms with Crippen molar-refractivity contribution in [3.63, 3.8) is 0 Å². The number of nitrogens with zero attached hydrogens (tertiary/aromatic N) is 4. The van der Waals surface area contributed by atoms with Gasteiger partial charge in [0.15, 0.2) is 0 Å². The highest BCUT2D eigenvalue weighted by Crippen LogP contribution is 2.66. The molecule has 10 aromatic carbocycles. The van der Waals surface area contributed by atoms with E-state index in [1.54, 1.807) is 0 Å². The first-order valence-electron chi connectivity index (χ1n) is 27.8. The van der Waals surface area contributed by atoms with Crippen LogP contribution < -0.4 is 19.3 Å². The Hall–Kier alpha value is -9.60. The zero-order chi connectivity index (χ0) is 53.8. The Balaban J connectivity index is 0.851. The van der Waals surface area contributed by atoms with Gasteiger partial charge in [-0.3, -0.25) is 0 Å². The van der Waals surface area contributed by atoms with Crippen LogP contribution in [0.25, 0.3) is 64.5 Å². The van der Waals surface area contributed by atoms with Gasteiger partial charge in [0.05, 0.1) is 27.5 Å². The van der Waals surface area contributed by atoms with Crippen LogP contribution in [0.1, 0.15) is 36.1 Å². The Labute approximate surface area is 477 Å². The molecular formula is C73H52N4O2S2. The predicted molar refractivity (Wildman–Crippen MR) is 338 cm³/mol. The van der Waals surface area contributed by atoms with Crippen LogP contribution in [0.15, 0.2) is 253 Å². The summed E-state index contributed by atoms with van der Waals surface area (Å²) in [5, 5.41) is 9.45. The van der Waals surface area contributed by atoms with Gasteiger partial charge < -0.3 is 28.4 Å². The van der Waals surface area contributed by atoms with Gasteiger partial charge >= 0.3 is 0 Å². The minimum Gasteiger partial charge on any atom is -0.457 e. The molecule has 14 aromatic rings. The van der Waals surface area contributed by atoms with Gasteiger partial charge in [0.1, 0.15) is 23.0 Å². The first-order chi connectivity index (χ1) is 40.0. The number of hydrogen-bond donors (Lipinski definition) is 0. The highest BCUT2D eigenvalue weighted by Gasteiger charge is 2.53. The molecule has 0 unspecified atom stereocenters. The topological polar surface area (TPSA) is 34.8 Å². The lowest BCUT2D eigenvalue weighted by atomic mass is 9.71. The Morgan fingerprint density at radius 2 is 0.691 bits per heavy atom. The summed E-state index contributed by atoms with van der Waals surface area (Å²) in [6.07, 6.45) is 0. The molecule has 2 aliphatic rings.